The van der Waals surface area contributed by atoms with Crippen LogP contribution in [0.1, 0.15) is 12.5 Å². The third-order valence-corrected chi connectivity index (χ3v) is 3.86. The highest BCUT2D eigenvalue weighted by atomic mass is 16.7. The van der Waals surface area contributed by atoms with Crippen molar-refractivity contribution in [1.29, 1.82) is 0 Å². The van der Waals surface area contributed by atoms with E-state index in [9.17, 15) is 4.79 Å². The van der Waals surface area contributed by atoms with Crippen LogP contribution in [0, 0.1) is 0 Å². The summed E-state index contributed by atoms with van der Waals surface area (Å²) in [4.78, 5) is 12.0. The zero-order chi connectivity index (χ0) is 18.4. The van der Waals surface area contributed by atoms with Crippen LogP contribution in [0.15, 0.2) is 36.4 Å². The number of nitrogens with one attached hydrogen (secondary N) is 2. The Hall–Kier alpha value is -3.09. The second kappa shape index (κ2) is 8.33. The van der Waals surface area contributed by atoms with E-state index in [1.54, 1.807) is 25.3 Å². The first-order chi connectivity index (χ1) is 12.7. The molecule has 7 nitrogen and oxygen atoms in total. The lowest BCUT2D eigenvalue weighted by Crippen LogP contribution is -2.30. The van der Waals surface area contributed by atoms with Gasteiger partial charge in [0.1, 0.15) is 0 Å². The standard InChI is InChI=1S/C19H22N2O5/c1-3-24-15-6-4-13(10-17(15)23-2)8-9-20-19(22)21-14-5-7-16-18(11-14)26-12-25-16/h4-7,10-11H,3,8-9,12H2,1-2H3,(H2,20,21,22). The Bertz CT molecular complexity index is 779. The van der Waals surface area contributed by atoms with Gasteiger partial charge < -0.3 is 29.6 Å². The first kappa shape index (κ1) is 17.7. The average Bonchev–Trinajstić information content (AvgIpc) is 3.10. The maximum atomic E-state index is 12.0. The van der Waals surface area contributed by atoms with Crippen LogP contribution in [0.5, 0.6) is 23.0 Å². The number of carbonyl (C=O) groups excluding carboxylic acids is 1. The van der Waals surface area contributed by atoms with Gasteiger partial charge in [-0.25, -0.2) is 4.79 Å². The van der Waals surface area contributed by atoms with E-state index in [1.165, 1.54) is 0 Å². The molecule has 138 valence electrons. The lowest BCUT2D eigenvalue weighted by Gasteiger charge is -2.12. The molecule has 0 spiro atoms. The molecule has 0 fully saturated rings. The van der Waals surface area contributed by atoms with Gasteiger partial charge in [-0.15, -0.1) is 0 Å². The maximum absolute atomic E-state index is 12.0. The Morgan fingerprint density at radius 2 is 1.96 bits per heavy atom. The Labute approximate surface area is 152 Å². The van der Waals surface area contributed by atoms with E-state index in [2.05, 4.69) is 10.6 Å². The van der Waals surface area contributed by atoms with Gasteiger partial charge in [0.2, 0.25) is 6.79 Å². The molecule has 0 aliphatic carbocycles. The molecule has 0 saturated carbocycles. The van der Waals surface area contributed by atoms with E-state index in [-0.39, 0.29) is 12.8 Å². The average molecular weight is 358 g/mol. The van der Waals surface area contributed by atoms with E-state index in [0.717, 1.165) is 5.56 Å². The first-order valence-corrected chi connectivity index (χ1v) is 8.44. The second-order valence-corrected chi connectivity index (χ2v) is 5.62. The number of hydrogen-bond acceptors (Lipinski definition) is 5. The van der Waals surface area contributed by atoms with Gasteiger partial charge in [0.15, 0.2) is 23.0 Å². The van der Waals surface area contributed by atoms with Crippen LogP contribution in [0.2, 0.25) is 0 Å². The molecular weight excluding hydrogens is 336 g/mol. The number of benzene rings is 2. The largest absolute Gasteiger partial charge is 0.493 e. The van der Waals surface area contributed by atoms with E-state index in [0.29, 0.717) is 48.3 Å². The Morgan fingerprint density at radius 1 is 1.12 bits per heavy atom. The number of anilines is 1. The van der Waals surface area contributed by atoms with Gasteiger partial charge in [-0.1, -0.05) is 6.07 Å². The zero-order valence-corrected chi connectivity index (χ0v) is 14.8. The molecule has 26 heavy (non-hydrogen) atoms. The van der Waals surface area contributed by atoms with Gasteiger partial charge in [-0.05, 0) is 43.2 Å². The molecule has 1 aliphatic rings. The number of urea groups is 1. The summed E-state index contributed by atoms with van der Waals surface area (Å²) in [5.74, 6) is 2.71. The minimum atomic E-state index is -0.276. The minimum Gasteiger partial charge on any atom is -0.493 e. The summed E-state index contributed by atoms with van der Waals surface area (Å²) in [5, 5.41) is 5.61. The quantitative estimate of drug-likeness (QED) is 0.795. The van der Waals surface area contributed by atoms with Crippen LogP contribution in [-0.2, 0) is 6.42 Å². The van der Waals surface area contributed by atoms with Gasteiger partial charge in [0.25, 0.3) is 0 Å². The van der Waals surface area contributed by atoms with E-state index >= 15 is 0 Å². The summed E-state index contributed by atoms with van der Waals surface area (Å²) in [6.07, 6.45) is 0.678. The fraction of sp³-hybridized carbons (Fsp3) is 0.316. The maximum Gasteiger partial charge on any atom is 0.319 e. The predicted octanol–water partition coefficient (Wildman–Crippen LogP) is 3.19. The minimum absolute atomic E-state index is 0.205. The van der Waals surface area contributed by atoms with E-state index < -0.39 is 0 Å². The topological polar surface area (TPSA) is 78.1 Å². The molecule has 2 N–H and O–H groups in total. The number of carbonyl (C=O) groups is 1. The summed E-state index contributed by atoms with van der Waals surface area (Å²) in [6, 6.07) is 10.8. The molecule has 0 aromatic heterocycles. The molecular formula is C19H22N2O5. The fourth-order valence-corrected chi connectivity index (χ4v) is 2.61. The number of hydrogen-bond donors (Lipinski definition) is 2. The van der Waals surface area contributed by atoms with Gasteiger partial charge in [0.05, 0.1) is 13.7 Å². The molecule has 0 unspecified atom stereocenters. The van der Waals surface area contributed by atoms with Gasteiger partial charge in [-0.3, -0.25) is 0 Å². The van der Waals surface area contributed by atoms with E-state index in [1.807, 2.05) is 25.1 Å². The molecule has 0 radical (unpaired) electrons. The normalized spacial score (nSPS) is 11.8. The summed E-state index contributed by atoms with van der Waals surface area (Å²) in [5.41, 5.74) is 1.70. The van der Waals surface area contributed by atoms with E-state index in [4.69, 9.17) is 18.9 Å². The van der Waals surface area contributed by atoms with Crippen LogP contribution in [0.4, 0.5) is 10.5 Å². The molecule has 0 atom stereocenters. The number of rotatable bonds is 7. The summed E-state index contributed by atoms with van der Waals surface area (Å²) in [6.45, 7) is 3.21. The van der Waals surface area contributed by atoms with Crippen LogP contribution >= 0.6 is 0 Å². The van der Waals surface area contributed by atoms with Crippen molar-refractivity contribution in [2.75, 3.05) is 32.4 Å². The summed E-state index contributed by atoms with van der Waals surface area (Å²) >= 11 is 0. The highest BCUT2D eigenvalue weighted by Gasteiger charge is 2.14. The third kappa shape index (κ3) is 4.30. The second-order valence-electron chi connectivity index (χ2n) is 5.62. The van der Waals surface area contributed by atoms with Crippen LogP contribution in [-0.4, -0.2) is 33.1 Å². The van der Waals surface area contributed by atoms with Crippen molar-refractivity contribution in [3.63, 3.8) is 0 Å². The predicted molar refractivity (Wildman–Crippen MR) is 97.5 cm³/mol. The number of fused-ring (bicyclic) bond motifs is 1. The van der Waals surface area contributed by atoms with Crippen molar-refractivity contribution in [2.45, 2.75) is 13.3 Å². The zero-order valence-electron chi connectivity index (χ0n) is 14.8. The molecule has 1 heterocycles. The first-order valence-electron chi connectivity index (χ1n) is 8.44. The fourth-order valence-electron chi connectivity index (χ4n) is 2.61. The molecule has 3 rings (SSSR count). The molecule has 2 aromatic rings. The lowest BCUT2D eigenvalue weighted by molar-refractivity contribution is 0.174. The Morgan fingerprint density at radius 3 is 2.77 bits per heavy atom. The van der Waals surface area contributed by atoms with Crippen molar-refractivity contribution in [1.82, 2.24) is 5.32 Å². The van der Waals surface area contributed by atoms with Crippen LogP contribution in [0.25, 0.3) is 0 Å². The van der Waals surface area contributed by atoms with Crippen molar-refractivity contribution in [2.24, 2.45) is 0 Å². The molecule has 7 heteroatoms. The van der Waals surface area contributed by atoms with Crippen LogP contribution in [0.3, 0.4) is 0 Å². The lowest BCUT2D eigenvalue weighted by atomic mass is 10.1. The van der Waals surface area contributed by atoms with Crippen molar-refractivity contribution >= 4 is 11.7 Å². The monoisotopic (exact) mass is 358 g/mol. The SMILES string of the molecule is CCOc1ccc(CCNC(=O)Nc2ccc3c(c2)OCO3)cc1OC. The summed E-state index contributed by atoms with van der Waals surface area (Å²) in [7, 11) is 1.61. The van der Waals surface area contributed by atoms with Gasteiger partial charge >= 0.3 is 6.03 Å². The van der Waals surface area contributed by atoms with Crippen LogP contribution < -0.4 is 29.6 Å². The molecule has 2 amide bonds. The smallest absolute Gasteiger partial charge is 0.319 e. The van der Waals surface area contributed by atoms with Gasteiger partial charge in [-0.2, -0.15) is 0 Å². The Balaban J connectivity index is 1.49. The number of amides is 2. The third-order valence-electron chi connectivity index (χ3n) is 3.86. The molecule has 2 aromatic carbocycles. The van der Waals surface area contributed by atoms with Gasteiger partial charge in [0, 0.05) is 18.3 Å². The Kier molecular flexibility index (Phi) is 5.68. The number of methoxy groups -OCH3 is 1. The molecule has 0 saturated heterocycles. The number of ether oxygens (including phenoxy) is 4. The van der Waals surface area contributed by atoms with Crippen molar-refractivity contribution in [3.8, 4) is 23.0 Å². The molecule has 0 bridgehead atoms. The van der Waals surface area contributed by atoms with Crippen molar-refractivity contribution in [3.05, 3.63) is 42.0 Å². The summed E-state index contributed by atoms with van der Waals surface area (Å²) < 4.78 is 21.4. The molecule has 1 aliphatic heterocycles. The highest BCUT2D eigenvalue weighted by Crippen LogP contribution is 2.34. The highest BCUT2D eigenvalue weighted by molar-refractivity contribution is 5.89. The van der Waals surface area contributed by atoms with Crippen molar-refractivity contribution < 1.29 is 23.7 Å².